The van der Waals surface area contributed by atoms with Gasteiger partial charge in [0.2, 0.25) is 0 Å². The van der Waals surface area contributed by atoms with Crippen LogP contribution in [0.5, 0.6) is 0 Å². The van der Waals surface area contributed by atoms with E-state index in [1.165, 1.54) is 18.6 Å². The number of hydrogen-bond acceptors (Lipinski definition) is 2. The van der Waals surface area contributed by atoms with Gasteiger partial charge in [-0.15, -0.1) is 0 Å². The molecule has 1 aromatic heterocycles. The molecule has 0 unspecified atom stereocenters. The molecular weight excluding hydrogens is 269 g/mol. The Hall–Kier alpha value is -1.82. The van der Waals surface area contributed by atoms with Gasteiger partial charge in [-0.1, -0.05) is 17.7 Å². The molecule has 0 aliphatic rings. The van der Waals surface area contributed by atoms with Gasteiger partial charge in [0.1, 0.15) is 0 Å². The van der Waals surface area contributed by atoms with Gasteiger partial charge in [-0.25, -0.2) is 4.98 Å². The Morgan fingerprint density at radius 3 is 2.56 bits per heavy atom. The highest BCUT2D eigenvalue weighted by molar-refractivity contribution is 6.31. The minimum Gasteiger partial charge on any atom is -0.313 e. The van der Waals surface area contributed by atoms with Crippen molar-refractivity contribution in [2.45, 2.75) is 6.18 Å². The molecule has 1 heterocycles. The van der Waals surface area contributed by atoms with Crippen LogP contribution in [0.15, 0.2) is 35.5 Å². The second-order valence-electron chi connectivity index (χ2n) is 3.49. The van der Waals surface area contributed by atoms with Crippen molar-refractivity contribution in [1.29, 1.82) is 0 Å². The molecule has 7 heteroatoms. The van der Waals surface area contributed by atoms with Crippen molar-refractivity contribution in [2.24, 2.45) is 0 Å². The van der Waals surface area contributed by atoms with Crippen molar-refractivity contribution in [3.8, 4) is 11.1 Å². The first-order valence-electron chi connectivity index (χ1n) is 4.79. The van der Waals surface area contributed by atoms with E-state index in [9.17, 15) is 18.0 Å². The van der Waals surface area contributed by atoms with Crippen LogP contribution in [0.25, 0.3) is 11.1 Å². The summed E-state index contributed by atoms with van der Waals surface area (Å²) in [6.45, 7) is 0. The first-order chi connectivity index (χ1) is 8.39. The van der Waals surface area contributed by atoms with E-state index in [0.717, 1.165) is 12.1 Å². The zero-order valence-corrected chi connectivity index (χ0v) is 9.51. The Morgan fingerprint density at radius 1 is 1.28 bits per heavy atom. The van der Waals surface area contributed by atoms with Crippen LogP contribution in [0.1, 0.15) is 5.56 Å². The summed E-state index contributed by atoms with van der Waals surface area (Å²) < 4.78 is 37.5. The summed E-state index contributed by atoms with van der Waals surface area (Å²) in [4.78, 5) is 17.5. The maximum Gasteiger partial charge on any atom is 0.417 e. The molecule has 0 spiro atoms. The Kier molecular flexibility index (Phi) is 3.13. The number of benzene rings is 1. The molecule has 0 amide bonds. The molecule has 2 aromatic rings. The molecule has 0 bridgehead atoms. The van der Waals surface area contributed by atoms with E-state index in [0.29, 0.717) is 0 Å². The summed E-state index contributed by atoms with van der Waals surface area (Å²) in [6, 6.07) is 3.11. The number of alkyl halides is 3. The second kappa shape index (κ2) is 4.45. The van der Waals surface area contributed by atoms with E-state index in [1.807, 2.05) is 0 Å². The van der Waals surface area contributed by atoms with Gasteiger partial charge in [-0.05, 0) is 17.7 Å². The lowest BCUT2D eigenvalue weighted by atomic mass is 10.1. The number of hydrogen-bond donors (Lipinski definition) is 1. The number of nitrogens with zero attached hydrogens (tertiary/aromatic N) is 1. The van der Waals surface area contributed by atoms with E-state index < -0.39 is 22.3 Å². The lowest BCUT2D eigenvalue weighted by Crippen LogP contribution is -2.09. The van der Waals surface area contributed by atoms with Crippen molar-refractivity contribution in [3.05, 3.63) is 51.7 Å². The smallest absolute Gasteiger partial charge is 0.313 e. The number of nitrogens with one attached hydrogen (secondary N) is 1. The maximum atomic E-state index is 12.5. The molecule has 2 rings (SSSR count). The first kappa shape index (κ1) is 12.6. The number of aromatic nitrogens is 2. The third-order valence-electron chi connectivity index (χ3n) is 2.30. The molecule has 0 saturated heterocycles. The number of H-pyrrole nitrogens is 1. The Morgan fingerprint density at radius 2 is 2.00 bits per heavy atom. The second-order valence-corrected chi connectivity index (χ2v) is 3.89. The third-order valence-corrected chi connectivity index (χ3v) is 2.62. The third kappa shape index (κ3) is 2.38. The summed E-state index contributed by atoms with van der Waals surface area (Å²) in [6.07, 6.45) is -2.06. The Bertz CT molecular complexity index is 637. The summed E-state index contributed by atoms with van der Waals surface area (Å²) in [5.41, 5.74) is -0.940. The largest absolute Gasteiger partial charge is 0.417 e. The number of aromatic amines is 1. The highest BCUT2D eigenvalue weighted by Crippen LogP contribution is 2.36. The molecule has 18 heavy (non-hydrogen) atoms. The lowest BCUT2D eigenvalue weighted by Gasteiger charge is -2.09. The van der Waals surface area contributed by atoms with Crippen LogP contribution < -0.4 is 5.56 Å². The molecule has 0 radical (unpaired) electrons. The monoisotopic (exact) mass is 274 g/mol. The molecule has 3 nitrogen and oxygen atoms in total. The van der Waals surface area contributed by atoms with Gasteiger partial charge in [0.15, 0.2) is 0 Å². The van der Waals surface area contributed by atoms with Crippen molar-refractivity contribution < 1.29 is 13.2 Å². The standard InChI is InChI=1S/C11H6ClF3N2O/c12-9-3-6(1-2-8(9)11(13,14)15)7-4-16-5-17-10(7)18/h1-5H,(H,16,17,18). The SMILES string of the molecule is O=c1[nH]cncc1-c1ccc(C(F)(F)F)c(Cl)c1. The zero-order chi connectivity index (χ0) is 13.3. The van der Waals surface area contributed by atoms with Crippen LogP contribution in [-0.4, -0.2) is 9.97 Å². The van der Waals surface area contributed by atoms with Crippen molar-refractivity contribution >= 4 is 11.6 Å². The van der Waals surface area contributed by atoms with Crippen molar-refractivity contribution in [2.75, 3.05) is 0 Å². The van der Waals surface area contributed by atoms with Crippen molar-refractivity contribution in [3.63, 3.8) is 0 Å². The fraction of sp³-hybridized carbons (Fsp3) is 0.0909. The summed E-state index contributed by atoms with van der Waals surface area (Å²) in [5.74, 6) is 0. The molecule has 0 aliphatic heterocycles. The first-order valence-corrected chi connectivity index (χ1v) is 5.17. The Balaban J connectivity index is 2.54. The molecular formula is C11H6ClF3N2O. The fourth-order valence-corrected chi connectivity index (χ4v) is 1.75. The minimum absolute atomic E-state index is 0.160. The molecule has 94 valence electrons. The minimum atomic E-state index is -4.52. The summed E-state index contributed by atoms with van der Waals surface area (Å²) in [7, 11) is 0. The normalized spacial score (nSPS) is 11.6. The van der Waals surface area contributed by atoms with Gasteiger partial charge in [-0.2, -0.15) is 13.2 Å². The van der Waals surface area contributed by atoms with E-state index in [2.05, 4.69) is 9.97 Å². The van der Waals surface area contributed by atoms with Crippen LogP contribution in [0.4, 0.5) is 13.2 Å². The molecule has 0 aliphatic carbocycles. The highest BCUT2D eigenvalue weighted by atomic mass is 35.5. The summed E-state index contributed by atoms with van der Waals surface area (Å²) >= 11 is 5.56. The quantitative estimate of drug-likeness (QED) is 0.868. The van der Waals surface area contributed by atoms with Gasteiger partial charge in [-0.3, -0.25) is 4.79 Å². The molecule has 0 saturated carbocycles. The molecule has 1 N–H and O–H groups in total. The van der Waals surface area contributed by atoms with Crippen LogP contribution >= 0.6 is 11.6 Å². The van der Waals surface area contributed by atoms with Gasteiger partial charge in [0.25, 0.3) is 5.56 Å². The topological polar surface area (TPSA) is 45.8 Å². The van der Waals surface area contributed by atoms with Gasteiger partial charge < -0.3 is 4.98 Å². The Labute approximate surface area is 104 Å². The van der Waals surface area contributed by atoms with Crippen molar-refractivity contribution in [1.82, 2.24) is 9.97 Å². The lowest BCUT2D eigenvalue weighted by molar-refractivity contribution is -0.137. The zero-order valence-electron chi connectivity index (χ0n) is 8.75. The van der Waals surface area contributed by atoms with E-state index >= 15 is 0 Å². The summed E-state index contributed by atoms with van der Waals surface area (Å²) in [5, 5.41) is -0.455. The maximum absolute atomic E-state index is 12.5. The fourth-order valence-electron chi connectivity index (χ4n) is 1.46. The van der Waals surface area contributed by atoms with Gasteiger partial charge in [0.05, 0.1) is 22.5 Å². The van der Waals surface area contributed by atoms with Crippen LogP contribution in [0, 0.1) is 0 Å². The molecule has 1 aromatic carbocycles. The van der Waals surface area contributed by atoms with Crippen LogP contribution in [0.3, 0.4) is 0 Å². The number of rotatable bonds is 1. The average molecular weight is 275 g/mol. The molecule has 0 atom stereocenters. The van der Waals surface area contributed by atoms with Gasteiger partial charge >= 0.3 is 6.18 Å². The number of halogens is 4. The average Bonchev–Trinajstić information content (AvgIpc) is 2.27. The van der Waals surface area contributed by atoms with Crippen LogP contribution in [0.2, 0.25) is 5.02 Å². The predicted molar refractivity (Wildman–Crippen MR) is 60.3 cm³/mol. The van der Waals surface area contributed by atoms with E-state index in [4.69, 9.17) is 11.6 Å². The van der Waals surface area contributed by atoms with Crippen LogP contribution in [-0.2, 0) is 6.18 Å². The van der Waals surface area contributed by atoms with Gasteiger partial charge in [0, 0.05) is 6.20 Å². The van der Waals surface area contributed by atoms with E-state index in [1.54, 1.807) is 0 Å². The highest BCUT2D eigenvalue weighted by Gasteiger charge is 2.33. The van der Waals surface area contributed by atoms with E-state index in [-0.39, 0.29) is 11.1 Å². The predicted octanol–water partition coefficient (Wildman–Crippen LogP) is 3.11. The molecule has 0 fully saturated rings.